The summed E-state index contributed by atoms with van der Waals surface area (Å²) in [4.78, 5) is 2.26. The summed E-state index contributed by atoms with van der Waals surface area (Å²) in [5.74, 6) is -1.60. The molecule has 0 amide bonds. The van der Waals surface area contributed by atoms with Crippen molar-refractivity contribution in [1.82, 2.24) is 4.90 Å². The number of hydrogen-bond acceptors (Lipinski definition) is 2. The van der Waals surface area contributed by atoms with Crippen LogP contribution < -0.4 is 5.73 Å². The summed E-state index contributed by atoms with van der Waals surface area (Å²) in [6, 6.07) is 4.08. The molecule has 2 nitrogen and oxygen atoms in total. The maximum Gasteiger partial charge on any atom is 0.159 e. The maximum absolute atomic E-state index is 13.2. The molecule has 1 heterocycles. The molecule has 1 aliphatic heterocycles. The smallest absolute Gasteiger partial charge is 0.159 e. The Morgan fingerprint density at radius 3 is 2.41 bits per heavy atom. The van der Waals surface area contributed by atoms with Gasteiger partial charge in [-0.2, -0.15) is 0 Å². The van der Waals surface area contributed by atoms with Crippen LogP contribution in [-0.4, -0.2) is 24.5 Å². The molecule has 0 radical (unpaired) electrons. The second kappa shape index (κ2) is 5.56. The Morgan fingerprint density at radius 2 is 1.82 bits per heavy atom. The highest BCUT2D eigenvalue weighted by molar-refractivity contribution is 5.22. The van der Waals surface area contributed by atoms with Crippen molar-refractivity contribution in [3.05, 3.63) is 35.4 Å². The summed E-state index contributed by atoms with van der Waals surface area (Å²) < 4.78 is 26.1. The summed E-state index contributed by atoms with van der Waals surface area (Å²) in [6.45, 7) is 2.41. The van der Waals surface area contributed by atoms with Gasteiger partial charge in [-0.3, -0.25) is 4.90 Å². The van der Waals surface area contributed by atoms with E-state index in [-0.39, 0.29) is 6.04 Å². The zero-order valence-electron chi connectivity index (χ0n) is 9.83. The SMILES string of the molecule is NC[C@H](c1ccc(F)c(F)c1)N1CCCCC1. The van der Waals surface area contributed by atoms with Gasteiger partial charge in [-0.25, -0.2) is 8.78 Å². The number of likely N-dealkylation sites (tertiary alicyclic amines) is 1. The number of rotatable bonds is 3. The summed E-state index contributed by atoms with van der Waals surface area (Å²) in [7, 11) is 0. The second-order valence-corrected chi connectivity index (χ2v) is 4.52. The molecule has 1 aromatic carbocycles. The van der Waals surface area contributed by atoms with E-state index in [1.165, 1.54) is 18.6 Å². The Morgan fingerprint density at radius 1 is 1.12 bits per heavy atom. The van der Waals surface area contributed by atoms with Crippen molar-refractivity contribution in [2.24, 2.45) is 5.73 Å². The molecule has 0 bridgehead atoms. The zero-order chi connectivity index (χ0) is 12.3. The van der Waals surface area contributed by atoms with Gasteiger partial charge in [-0.1, -0.05) is 12.5 Å². The van der Waals surface area contributed by atoms with Crippen LogP contribution in [0, 0.1) is 11.6 Å². The van der Waals surface area contributed by atoms with Crippen molar-refractivity contribution in [2.45, 2.75) is 25.3 Å². The number of benzene rings is 1. The third kappa shape index (κ3) is 2.82. The van der Waals surface area contributed by atoms with E-state index in [4.69, 9.17) is 5.73 Å². The predicted molar refractivity (Wildman–Crippen MR) is 63.6 cm³/mol. The van der Waals surface area contributed by atoms with Gasteiger partial charge in [0.15, 0.2) is 11.6 Å². The van der Waals surface area contributed by atoms with E-state index in [1.54, 1.807) is 6.07 Å². The van der Waals surface area contributed by atoms with E-state index >= 15 is 0 Å². The van der Waals surface area contributed by atoms with Crippen molar-refractivity contribution in [3.63, 3.8) is 0 Å². The van der Waals surface area contributed by atoms with E-state index in [9.17, 15) is 8.78 Å². The standard InChI is InChI=1S/C13H18F2N2/c14-11-5-4-10(8-12(11)15)13(9-16)17-6-2-1-3-7-17/h4-5,8,13H,1-3,6-7,9,16H2/t13-/m1/s1. The van der Waals surface area contributed by atoms with Crippen LogP contribution in [0.25, 0.3) is 0 Å². The third-order valence-corrected chi connectivity index (χ3v) is 3.38. The first-order valence-electron chi connectivity index (χ1n) is 6.11. The highest BCUT2D eigenvalue weighted by Gasteiger charge is 2.21. The quantitative estimate of drug-likeness (QED) is 0.879. The van der Waals surface area contributed by atoms with E-state index in [0.717, 1.165) is 31.5 Å². The largest absolute Gasteiger partial charge is 0.329 e. The van der Waals surface area contributed by atoms with Crippen LogP contribution in [0.4, 0.5) is 8.78 Å². The number of nitrogens with two attached hydrogens (primary N) is 1. The Hall–Kier alpha value is -1.00. The van der Waals surface area contributed by atoms with Gasteiger partial charge in [0.05, 0.1) is 0 Å². The van der Waals surface area contributed by atoms with Crippen LogP contribution in [0.2, 0.25) is 0 Å². The van der Waals surface area contributed by atoms with Gasteiger partial charge < -0.3 is 5.73 Å². The van der Waals surface area contributed by atoms with Crippen LogP contribution in [0.5, 0.6) is 0 Å². The van der Waals surface area contributed by atoms with E-state index in [1.807, 2.05) is 0 Å². The normalized spacial score (nSPS) is 19.2. The minimum absolute atomic E-state index is 0.00500. The molecular formula is C13H18F2N2. The molecule has 1 aromatic rings. The predicted octanol–water partition coefficient (Wildman–Crippen LogP) is 2.45. The molecule has 0 aliphatic carbocycles. The fraction of sp³-hybridized carbons (Fsp3) is 0.538. The lowest BCUT2D eigenvalue weighted by atomic mass is 10.0. The maximum atomic E-state index is 13.2. The van der Waals surface area contributed by atoms with Crippen LogP contribution in [0.3, 0.4) is 0 Å². The topological polar surface area (TPSA) is 29.3 Å². The summed E-state index contributed by atoms with van der Waals surface area (Å²) in [5, 5.41) is 0. The minimum atomic E-state index is -0.803. The third-order valence-electron chi connectivity index (χ3n) is 3.38. The lowest BCUT2D eigenvalue weighted by molar-refractivity contribution is 0.167. The Balaban J connectivity index is 2.18. The van der Waals surface area contributed by atoms with Crippen LogP contribution >= 0.6 is 0 Å². The Bertz CT molecular complexity index is 376. The van der Waals surface area contributed by atoms with Crippen molar-refractivity contribution in [2.75, 3.05) is 19.6 Å². The van der Waals surface area contributed by atoms with E-state index < -0.39 is 11.6 Å². The van der Waals surface area contributed by atoms with Crippen molar-refractivity contribution >= 4 is 0 Å². The molecular weight excluding hydrogens is 222 g/mol. The van der Waals surface area contributed by atoms with Gasteiger partial charge in [-0.05, 0) is 43.6 Å². The molecule has 0 spiro atoms. The first kappa shape index (κ1) is 12.5. The van der Waals surface area contributed by atoms with Crippen LogP contribution in [0.1, 0.15) is 30.9 Å². The molecule has 1 aliphatic rings. The molecule has 17 heavy (non-hydrogen) atoms. The monoisotopic (exact) mass is 240 g/mol. The fourth-order valence-corrected chi connectivity index (χ4v) is 2.45. The molecule has 1 saturated heterocycles. The van der Waals surface area contributed by atoms with Crippen LogP contribution in [-0.2, 0) is 0 Å². The van der Waals surface area contributed by atoms with Gasteiger partial charge >= 0.3 is 0 Å². The molecule has 2 N–H and O–H groups in total. The van der Waals surface area contributed by atoms with Gasteiger partial charge in [0.25, 0.3) is 0 Å². The van der Waals surface area contributed by atoms with Crippen molar-refractivity contribution < 1.29 is 8.78 Å². The highest BCUT2D eigenvalue weighted by atomic mass is 19.2. The van der Waals surface area contributed by atoms with Gasteiger partial charge in [0.2, 0.25) is 0 Å². The molecule has 0 saturated carbocycles. The zero-order valence-corrected chi connectivity index (χ0v) is 9.83. The van der Waals surface area contributed by atoms with Crippen LogP contribution in [0.15, 0.2) is 18.2 Å². The average molecular weight is 240 g/mol. The first-order valence-corrected chi connectivity index (χ1v) is 6.11. The van der Waals surface area contributed by atoms with Gasteiger partial charge in [-0.15, -0.1) is 0 Å². The number of halogens is 2. The molecule has 0 aromatic heterocycles. The highest BCUT2D eigenvalue weighted by Crippen LogP contribution is 2.24. The summed E-state index contributed by atoms with van der Waals surface area (Å²) >= 11 is 0. The molecule has 4 heteroatoms. The van der Waals surface area contributed by atoms with E-state index in [0.29, 0.717) is 6.54 Å². The number of piperidine rings is 1. The van der Waals surface area contributed by atoms with Gasteiger partial charge in [0.1, 0.15) is 0 Å². The van der Waals surface area contributed by atoms with Crippen molar-refractivity contribution in [3.8, 4) is 0 Å². The van der Waals surface area contributed by atoms with E-state index in [2.05, 4.69) is 4.90 Å². The summed E-state index contributed by atoms with van der Waals surface area (Å²) in [5.41, 5.74) is 6.54. The molecule has 2 rings (SSSR count). The average Bonchev–Trinajstić information content (AvgIpc) is 2.36. The second-order valence-electron chi connectivity index (χ2n) is 4.52. The lowest BCUT2D eigenvalue weighted by Crippen LogP contribution is -2.37. The molecule has 0 unspecified atom stereocenters. The molecule has 94 valence electrons. The number of nitrogens with zero attached hydrogens (tertiary/aromatic N) is 1. The van der Waals surface area contributed by atoms with Gasteiger partial charge in [0, 0.05) is 12.6 Å². The Kier molecular flexibility index (Phi) is 4.07. The number of hydrogen-bond donors (Lipinski definition) is 1. The Labute approximate surface area is 100 Å². The molecule has 1 atom stereocenters. The lowest BCUT2D eigenvalue weighted by Gasteiger charge is -2.34. The summed E-state index contributed by atoms with van der Waals surface area (Å²) in [6.07, 6.45) is 3.55. The minimum Gasteiger partial charge on any atom is -0.329 e. The van der Waals surface area contributed by atoms with Crippen molar-refractivity contribution in [1.29, 1.82) is 0 Å². The first-order chi connectivity index (χ1) is 8.22. The fourth-order valence-electron chi connectivity index (χ4n) is 2.45. The molecule has 1 fully saturated rings.